The predicted octanol–water partition coefficient (Wildman–Crippen LogP) is 0.775. The van der Waals surface area contributed by atoms with Crippen molar-refractivity contribution in [2.45, 2.75) is 32.7 Å². The second-order valence-corrected chi connectivity index (χ2v) is 4.82. The average molecular weight is 237 g/mol. The van der Waals surface area contributed by atoms with E-state index in [9.17, 15) is 4.79 Å². The third-order valence-corrected chi connectivity index (χ3v) is 1.86. The molecule has 0 fully saturated rings. The number of hydrogen-bond acceptors (Lipinski definition) is 5. The molecule has 0 aliphatic carbocycles. The lowest BCUT2D eigenvalue weighted by atomic mass is 10.1. The number of rotatable bonds is 4. The maximum absolute atomic E-state index is 11.5. The Kier molecular flexibility index (Phi) is 4.25. The van der Waals surface area contributed by atoms with Gasteiger partial charge in [-0.25, -0.2) is 0 Å². The summed E-state index contributed by atoms with van der Waals surface area (Å²) in [4.78, 5) is 11.5. The van der Waals surface area contributed by atoms with Crippen LogP contribution in [0.15, 0.2) is 12.1 Å². The number of amides is 1. The minimum atomic E-state index is -0.196. The molecule has 0 bridgehead atoms. The Bertz CT molecular complexity index is 368. The van der Waals surface area contributed by atoms with Crippen LogP contribution in [0.4, 0.5) is 11.6 Å². The van der Waals surface area contributed by atoms with Crippen LogP contribution in [-0.2, 0) is 4.79 Å². The summed E-state index contributed by atoms with van der Waals surface area (Å²) in [6.07, 6.45) is 0.392. The lowest BCUT2D eigenvalue weighted by molar-refractivity contribution is -0.122. The second-order valence-electron chi connectivity index (χ2n) is 4.82. The number of carbonyl (C=O) groups excluding carboxylic acids is 1. The van der Waals surface area contributed by atoms with Crippen molar-refractivity contribution in [3.05, 3.63) is 12.1 Å². The molecule has 1 aromatic heterocycles. The minimum Gasteiger partial charge on any atom is -0.382 e. The fraction of sp³-hybridized carbons (Fsp3) is 0.545. The van der Waals surface area contributed by atoms with Crippen LogP contribution >= 0.6 is 0 Å². The molecule has 0 atom stereocenters. The Morgan fingerprint density at radius 2 is 2.06 bits per heavy atom. The monoisotopic (exact) mass is 237 g/mol. The topological polar surface area (TPSA) is 92.9 Å². The maximum atomic E-state index is 11.5. The van der Waals surface area contributed by atoms with E-state index in [-0.39, 0.29) is 11.4 Å². The Hall–Kier alpha value is -1.85. The van der Waals surface area contributed by atoms with Crippen molar-refractivity contribution in [1.29, 1.82) is 0 Å². The van der Waals surface area contributed by atoms with E-state index in [0.717, 1.165) is 0 Å². The molecular weight excluding hydrogens is 218 g/mol. The molecule has 6 nitrogen and oxygen atoms in total. The molecule has 0 aromatic carbocycles. The van der Waals surface area contributed by atoms with Gasteiger partial charge in [0, 0.05) is 18.5 Å². The van der Waals surface area contributed by atoms with Crippen molar-refractivity contribution < 1.29 is 4.79 Å². The summed E-state index contributed by atoms with van der Waals surface area (Å²) >= 11 is 0. The Morgan fingerprint density at radius 3 is 2.59 bits per heavy atom. The second kappa shape index (κ2) is 5.47. The molecule has 0 saturated carbocycles. The van der Waals surface area contributed by atoms with Gasteiger partial charge in [0.1, 0.15) is 11.6 Å². The number of nitrogen functional groups attached to an aromatic ring is 1. The first-order chi connectivity index (χ1) is 7.87. The van der Waals surface area contributed by atoms with Gasteiger partial charge in [-0.05, 0) is 32.9 Å². The van der Waals surface area contributed by atoms with Crippen molar-refractivity contribution in [2.24, 2.45) is 0 Å². The first-order valence-corrected chi connectivity index (χ1v) is 5.51. The van der Waals surface area contributed by atoms with E-state index in [1.54, 1.807) is 12.1 Å². The van der Waals surface area contributed by atoms with Crippen LogP contribution in [0.3, 0.4) is 0 Å². The predicted molar refractivity (Wildman–Crippen MR) is 67.4 cm³/mol. The molecule has 4 N–H and O–H groups in total. The first kappa shape index (κ1) is 13.2. The maximum Gasteiger partial charge on any atom is 0.222 e. The molecule has 17 heavy (non-hydrogen) atoms. The zero-order chi connectivity index (χ0) is 12.9. The Morgan fingerprint density at radius 1 is 1.35 bits per heavy atom. The highest BCUT2D eigenvalue weighted by molar-refractivity contribution is 5.77. The van der Waals surface area contributed by atoms with E-state index in [4.69, 9.17) is 5.73 Å². The molecule has 0 saturated heterocycles. The molecule has 1 heterocycles. The molecule has 94 valence electrons. The van der Waals surface area contributed by atoms with E-state index in [0.29, 0.717) is 24.6 Å². The summed E-state index contributed by atoms with van der Waals surface area (Å²) in [7, 11) is 0. The summed E-state index contributed by atoms with van der Waals surface area (Å²) in [5.41, 5.74) is 5.21. The van der Waals surface area contributed by atoms with Crippen molar-refractivity contribution >= 4 is 17.5 Å². The molecule has 1 amide bonds. The summed E-state index contributed by atoms with van der Waals surface area (Å²) < 4.78 is 0. The lowest BCUT2D eigenvalue weighted by Crippen LogP contribution is -2.41. The van der Waals surface area contributed by atoms with Gasteiger partial charge in [-0.15, -0.1) is 10.2 Å². The minimum absolute atomic E-state index is 0.00778. The normalized spacial score (nSPS) is 11.0. The van der Waals surface area contributed by atoms with Crippen LogP contribution < -0.4 is 16.4 Å². The van der Waals surface area contributed by atoms with Crippen LogP contribution in [-0.4, -0.2) is 28.2 Å². The molecule has 0 radical (unpaired) electrons. The Labute approximate surface area is 101 Å². The third-order valence-electron chi connectivity index (χ3n) is 1.86. The van der Waals surface area contributed by atoms with Crippen LogP contribution in [0.25, 0.3) is 0 Å². The highest BCUT2D eigenvalue weighted by atomic mass is 16.1. The number of carbonyl (C=O) groups is 1. The fourth-order valence-corrected chi connectivity index (χ4v) is 1.22. The zero-order valence-corrected chi connectivity index (χ0v) is 10.4. The quantitative estimate of drug-likeness (QED) is 0.719. The van der Waals surface area contributed by atoms with Gasteiger partial charge < -0.3 is 16.4 Å². The number of nitrogens with two attached hydrogens (primary N) is 1. The van der Waals surface area contributed by atoms with Gasteiger partial charge in [0.25, 0.3) is 0 Å². The van der Waals surface area contributed by atoms with Gasteiger partial charge in [-0.2, -0.15) is 0 Å². The van der Waals surface area contributed by atoms with Gasteiger partial charge in [0.05, 0.1) is 0 Å². The smallest absolute Gasteiger partial charge is 0.222 e. The molecule has 0 spiro atoms. The van der Waals surface area contributed by atoms with Gasteiger partial charge in [0.15, 0.2) is 0 Å². The standard InChI is InChI=1S/C11H19N5O/c1-11(2,3)14-10(17)6-7-13-9-5-4-8(12)15-16-9/h4-5H,6-7H2,1-3H3,(H2,12,15)(H,13,16)(H,14,17). The Balaban J connectivity index is 2.28. The molecule has 1 aromatic rings. The summed E-state index contributed by atoms with van der Waals surface area (Å²) in [6.45, 7) is 6.36. The summed E-state index contributed by atoms with van der Waals surface area (Å²) in [5.74, 6) is 0.997. The number of nitrogens with zero attached hydrogens (tertiary/aromatic N) is 2. The van der Waals surface area contributed by atoms with E-state index in [2.05, 4.69) is 20.8 Å². The van der Waals surface area contributed by atoms with E-state index in [1.807, 2.05) is 20.8 Å². The fourth-order valence-electron chi connectivity index (χ4n) is 1.22. The molecule has 6 heteroatoms. The molecule has 0 aliphatic heterocycles. The average Bonchev–Trinajstić information content (AvgIpc) is 2.18. The van der Waals surface area contributed by atoms with Crippen LogP contribution in [0.5, 0.6) is 0 Å². The molecule has 0 aliphatic rings. The number of aromatic nitrogens is 2. The molecular formula is C11H19N5O. The van der Waals surface area contributed by atoms with E-state index in [1.165, 1.54) is 0 Å². The van der Waals surface area contributed by atoms with Gasteiger partial charge in [0.2, 0.25) is 5.91 Å². The number of hydrogen-bond donors (Lipinski definition) is 3. The van der Waals surface area contributed by atoms with Gasteiger partial charge in [-0.3, -0.25) is 4.79 Å². The highest BCUT2D eigenvalue weighted by Gasteiger charge is 2.12. The largest absolute Gasteiger partial charge is 0.382 e. The lowest BCUT2D eigenvalue weighted by Gasteiger charge is -2.20. The summed E-state index contributed by atoms with van der Waals surface area (Å²) in [6, 6.07) is 3.38. The summed E-state index contributed by atoms with van der Waals surface area (Å²) in [5, 5.41) is 13.4. The van der Waals surface area contributed by atoms with Crippen LogP contribution in [0, 0.1) is 0 Å². The van der Waals surface area contributed by atoms with Gasteiger partial charge in [-0.1, -0.05) is 0 Å². The van der Waals surface area contributed by atoms with Crippen LogP contribution in [0.2, 0.25) is 0 Å². The first-order valence-electron chi connectivity index (χ1n) is 5.51. The van der Waals surface area contributed by atoms with Crippen molar-refractivity contribution in [3.63, 3.8) is 0 Å². The third kappa shape index (κ3) is 5.70. The zero-order valence-electron chi connectivity index (χ0n) is 10.4. The SMILES string of the molecule is CC(C)(C)NC(=O)CCNc1ccc(N)nn1. The molecule has 1 rings (SSSR count). The highest BCUT2D eigenvalue weighted by Crippen LogP contribution is 2.03. The number of nitrogens with one attached hydrogen (secondary N) is 2. The van der Waals surface area contributed by atoms with Gasteiger partial charge >= 0.3 is 0 Å². The van der Waals surface area contributed by atoms with Crippen LogP contribution in [0.1, 0.15) is 27.2 Å². The van der Waals surface area contributed by atoms with E-state index < -0.39 is 0 Å². The van der Waals surface area contributed by atoms with Crippen molar-refractivity contribution in [1.82, 2.24) is 15.5 Å². The molecule has 0 unspecified atom stereocenters. The van der Waals surface area contributed by atoms with Crippen molar-refractivity contribution in [2.75, 3.05) is 17.6 Å². The number of anilines is 2. The van der Waals surface area contributed by atoms with E-state index >= 15 is 0 Å². The van der Waals surface area contributed by atoms with Crippen molar-refractivity contribution in [3.8, 4) is 0 Å².